The van der Waals surface area contributed by atoms with Gasteiger partial charge in [-0.25, -0.2) is 4.98 Å². The lowest BCUT2D eigenvalue weighted by Gasteiger charge is -2.15. The molecule has 0 bridgehead atoms. The summed E-state index contributed by atoms with van der Waals surface area (Å²) in [6.45, 7) is 2.02. The average molecular weight is 256 g/mol. The van der Waals surface area contributed by atoms with Crippen LogP contribution in [0, 0.1) is 0 Å². The van der Waals surface area contributed by atoms with Gasteiger partial charge in [-0.2, -0.15) is 0 Å². The van der Waals surface area contributed by atoms with Gasteiger partial charge in [0.05, 0.1) is 30.5 Å². The number of nitrogens with two attached hydrogens (primary N) is 1. The number of rotatable bonds is 6. The number of ether oxygens (including phenoxy) is 2. The van der Waals surface area contributed by atoms with Gasteiger partial charge in [-0.3, -0.25) is 0 Å². The molecule has 1 heterocycles. The third-order valence-electron chi connectivity index (χ3n) is 2.93. The topological polar surface area (TPSA) is 57.4 Å². The van der Waals surface area contributed by atoms with Gasteiger partial charge in [-0.1, -0.05) is 0 Å². The number of methoxy groups -OCH3 is 1. The van der Waals surface area contributed by atoms with Gasteiger partial charge in [-0.15, -0.1) is 11.3 Å². The summed E-state index contributed by atoms with van der Waals surface area (Å²) in [6.07, 6.45) is 4.29. The lowest BCUT2D eigenvalue weighted by atomic mass is 9.99. The third-order valence-corrected chi connectivity index (χ3v) is 4.12. The molecule has 1 aliphatic rings. The van der Waals surface area contributed by atoms with Gasteiger partial charge in [0.2, 0.25) is 0 Å². The second-order valence-electron chi connectivity index (χ2n) is 4.27. The lowest BCUT2D eigenvalue weighted by Crippen LogP contribution is -2.16. The Bertz CT molecular complexity index is 354. The van der Waals surface area contributed by atoms with Crippen LogP contribution in [0.25, 0.3) is 0 Å². The van der Waals surface area contributed by atoms with E-state index in [4.69, 9.17) is 15.2 Å². The van der Waals surface area contributed by atoms with Crippen LogP contribution in [-0.2, 0) is 22.3 Å². The summed E-state index contributed by atoms with van der Waals surface area (Å²) in [7, 11) is 1.68. The van der Waals surface area contributed by atoms with Gasteiger partial charge < -0.3 is 15.2 Å². The number of nitrogens with zero attached hydrogens (tertiary/aromatic N) is 1. The van der Waals surface area contributed by atoms with Crippen LogP contribution in [0.1, 0.15) is 34.5 Å². The third kappa shape index (κ3) is 3.48. The fraction of sp³-hybridized carbons (Fsp3) is 0.750. The number of fused-ring (bicyclic) bond motifs is 1. The molecule has 0 spiro atoms. The Morgan fingerprint density at radius 3 is 3.06 bits per heavy atom. The van der Waals surface area contributed by atoms with Crippen molar-refractivity contribution < 1.29 is 9.47 Å². The molecule has 4 nitrogen and oxygen atoms in total. The monoisotopic (exact) mass is 256 g/mol. The van der Waals surface area contributed by atoms with Gasteiger partial charge >= 0.3 is 0 Å². The maximum absolute atomic E-state index is 6.05. The van der Waals surface area contributed by atoms with Crippen LogP contribution in [0.3, 0.4) is 0 Å². The molecule has 1 aromatic rings. The van der Waals surface area contributed by atoms with Crippen molar-refractivity contribution in [1.29, 1.82) is 0 Å². The van der Waals surface area contributed by atoms with Crippen molar-refractivity contribution in [1.82, 2.24) is 4.98 Å². The first-order chi connectivity index (χ1) is 8.31. The molecular formula is C12H20N2O2S. The molecule has 0 amide bonds. The van der Waals surface area contributed by atoms with Crippen LogP contribution in [0.15, 0.2) is 0 Å². The van der Waals surface area contributed by atoms with E-state index >= 15 is 0 Å². The van der Waals surface area contributed by atoms with Crippen LogP contribution in [0.2, 0.25) is 0 Å². The smallest absolute Gasteiger partial charge is 0.0954 e. The zero-order valence-corrected chi connectivity index (χ0v) is 11.1. The Labute approximate surface area is 106 Å². The van der Waals surface area contributed by atoms with Crippen molar-refractivity contribution in [2.75, 3.05) is 26.9 Å². The lowest BCUT2D eigenvalue weighted by molar-refractivity contribution is 0.0722. The van der Waals surface area contributed by atoms with Crippen LogP contribution in [-0.4, -0.2) is 31.9 Å². The summed E-state index contributed by atoms with van der Waals surface area (Å²) < 4.78 is 10.4. The highest BCUT2D eigenvalue weighted by molar-refractivity contribution is 7.11. The fourth-order valence-electron chi connectivity index (χ4n) is 2.01. The van der Waals surface area contributed by atoms with Gasteiger partial charge in [0, 0.05) is 24.4 Å². The molecule has 1 aliphatic carbocycles. The molecule has 1 atom stereocenters. The number of hydrogen-bond acceptors (Lipinski definition) is 5. The fourth-order valence-corrected chi connectivity index (χ4v) is 3.17. The van der Waals surface area contributed by atoms with E-state index in [9.17, 15) is 0 Å². The highest BCUT2D eigenvalue weighted by atomic mass is 32.1. The highest BCUT2D eigenvalue weighted by Gasteiger charge is 2.21. The summed E-state index contributed by atoms with van der Waals surface area (Å²) in [6, 6.07) is 0.151. The number of thiazole rings is 1. The largest absolute Gasteiger partial charge is 0.382 e. The van der Waals surface area contributed by atoms with E-state index in [-0.39, 0.29) is 6.04 Å². The van der Waals surface area contributed by atoms with Gasteiger partial charge in [0.1, 0.15) is 0 Å². The molecule has 0 saturated carbocycles. The standard InChI is InChI=1S/C12H20N2O2S/c1-15-7-8-16-6-5-11-14-12-9(13)3-2-4-10(12)17-11/h9H,2-8,13H2,1H3. The average Bonchev–Trinajstić information content (AvgIpc) is 2.73. The number of hydrogen-bond donors (Lipinski definition) is 1. The zero-order valence-electron chi connectivity index (χ0n) is 10.3. The molecule has 0 saturated heterocycles. The minimum Gasteiger partial charge on any atom is -0.382 e. The van der Waals surface area contributed by atoms with E-state index in [1.807, 2.05) is 0 Å². The minimum absolute atomic E-state index is 0.151. The predicted molar refractivity (Wildman–Crippen MR) is 68.4 cm³/mol. The Morgan fingerprint density at radius 2 is 2.29 bits per heavy atom. The van der Waals surface area contributed by atoms with E-state index < -0.39 is 0 Å². The van der Waals surface area contributed by atoms with E-state index in [1.54, 1.807) is 18.4 Å². The number of aryl methyl sites for hydroxylation is 1. The molecule has 17 heavy (non-hydrogen) atoms. The first kappa shape index (κ1) is 13.0. The van der Waals surface area contributed by atoms with Gasteiger partial charge in [-0.05, 0) is 19.3 Å². The van der Waals surface area contributed by atoms with Crippen molar-refractivity contribution in [3.63, 3.8) is 0 Å². The summed E-state index contributed by atoms with van der Waals surface area (Å²) in [5.41, 5.74) is 7.18. The molecule has 0 aliphatic heterocycles. The molecule has 5 heteroatoms. The van der Waals surface area contributed by atoms with Crippen LogP contribution in [0.5, 0.6) is 0 Å². The minimum atomic E-state index is 0.151. The maximum atomic E-state index is 6.05. The predicted octanol–water partition coefficient (Wildman–Crippen LogP) is 1.68. The van der Waals surface area contributed by atoms with Crippen LogP contribution in [0.4, 0.5) is 0 Å². The molecular weight excluding hydrogens is 236 g/mol. The number of aromatic nitrogens is 1. The molecule has 2 N–H and O–H groups in total. The molecule has 0 radical (unpaired) electrons. The zero-order chi connectivity index (χ0) is 12.1. The van der Waals surface area contributed by atoms with E-state index in [0.29, 0.717) is 19.8 Å². The first-order valence-corrected chi connectivity index (χ1v) is 6.93. The molecule has 1 unspecified atom stereocenters. The molecule has 1 aromatic heterocycles. The molecule has 96 valence electrons. The molecule has 0 fully saturated rings. The summed E-state index contributed by atoms with van der Waals surface area (Å²) in [5, 5.41) is 1.16. The Hall–Kier alpha value is -0.490. The summed E-state index contributed by atoms with van der Waals surface area (Å²) in [5.74, 6) is 0. The van der Waals surface area contributed by atoms with Crippen LogP contribution < -0.4 is 5.73 Å². The van der Waals surface area contributed by atoms with E-state index in [2.05, 4.69) is 4.98 Å². The van der Waals surface area contributed by atoms with Crippen LogP contribution >= 0.6 is 11.3 Å². The van der Waals surface area contributed by atoms with Gasteiger partial charge in [0.25, 0.3) is 0 Å². The Balaban J connectivity index is 1.81. The van der Waals surface area contributed by atoms with Gasteiger partial charge in [0.15, 0.2) is 0 Å². The van der Waals surface area contributed by atoms with Crippen molar-refractivity contribution >= 4 is 11.3 Å². The van der Waals surface area contributed by atoms with Crippen molar-refractivity contribution in [3.8, 4) is 0 Å². The Morgan fingerprint density at radius 1 is 1.41 bits per heavy atom. The van der Waals surface area contributed by atoms with Crippen molar-refractivity contribution in [3.05, 3.63) is 15.6 Å². The summed E-state index contributed by atoms with van der Waals surface area (Å²) in [4.78, 5) is 6.02. The molecule has 0 aromatic carbocycles. The second-order valence-corrected chi connectivity index (χ2v) is 5.44. The Kier molecular flexibility index (Phi) is 4.91. The maximum Gasteiger partial charge on any atom is 0.0954 e. The first-order valence-electron chi connectivity index (χ1n) is 6.12. The normalized spacial score (nSPS) is 19.3. The van der Waals surface area contributed by atoms with Crippen molar-refractivity contribution in [2.45, 2.75) is 31.7 Å². The highest BCUT2D eigenvalue weighted by Crippen LogP contribution is 2.31. The second kappa shape index (κ2) is 6.44. The van der Waals surface area contributed by atoms with E-state index in [0.717, 1.165) is 30.0 Å². The SMILES string of the molecule is COCCOCCc1nc2c(s1)CCCC2N. The quantitative estimate of drug-likeness (QED) is 0.787. The molecule has 2 rings (SSSR count). The van der Waals surface area contributed by atoms with Crippen molar-refractivity contribution in [2.24, 2.45) is 5.73 Å². The summed E-state index contributed by atoms with van der Waals surface area (Å²) >= 11 is 1.80. The van der Waals surface area contributed by atoms with E-state index in [1.165, 1.54) is 11.3 Å².